The van der Waals surface area contributed by atoms with E-state index in [0.717, 1.165) is 6.42 Å². The molecule has 3 rings (SSSR count). The molecular formula is C20H25N2S+. The summed E-state index contributed by atoms with van der Waals surface area (Å²) in [4.78, 5) is 4.73. The zero-order valence-corrected chi connectivity index (χ0v) is 15.7. The fraction of sp³-hybridized carbons (Fsp3) is 0.400. The number of nitrogens with zero attached hydrogens (tertiary/aromatic N) is 2. The number of rotatable bonds is 3. The van der Waals surface area contributed by atoms with Gasteiger partial charge in [-0.05, 0) is 60.7 Å². The lowest BCUT2D eigenvalue weighted by Crippen LogP contribution is -2.31. The molecule has 2 nitrogen and oxygen atoms in total. The van der Waals surface area contributed by atoms with Crippen LogP contribution in [0.3, 0.4) is 0 Å². The maximum Gasteiger partial charge on any atom is 0.287 e. The quantitative estimate of drug-likeness (QED) is 0.625. The number of hydrogen-bond donors (Lipinski definition) is 0. The van der Waals surface area contributed by atoms with Crippen LogP contribution in [0.5, 0.6) is 0 Å². The second-order valence-corrected chi connectivity index (χ2v) is 7.87. The molecule has 0 aliphatic carbocycles. The van der Waals surface area contributed by atoms with E-state index in [9.17, 15) is 0 Å². The molecule has 2 aromatic heterocycles. The molecule has 23 heavy (non-hydrogen) atoms. The highest BCUT2D eigenvalue weighted by atomic mass is 32.1. The Balaban J connectivity index is 2.30. The fourth-order valence-electron chi connectivity index (χ4n) is 3.24. The van der Waals surface area contributed by atoms with E-state index in [0.29, 0.717) is 5.92 Å². The minimum atomic E-state index is 0.648. The summed E-state index contributed by atoms with van der Waals surface area (Å²) in [5.41, 5.74) is 9.20. The van der Waals surface area contributed by atoms with E-state index in [1.165, 1.54) is 43.7 Å². The Kier molecular flexibility index (Phi) is 4.24. The van der Waals surface area contributed by atoms with Crippen LogP contribution in [0.1, 0.15) is 36.1 Å². The van der Waals surface area contributed by atoms with Crippen molar-refractivity contribution in [2.75, 3.05) is 0 Å². The minimum absolute atomic E-state index is 0.648. The third-order valence-electron chi connectivity index (χ3n) is 4.46. The topological polar surface area (TPSA) is 16.8 Å². The molecule has 3 heteroatoms. The zero-order chi connectivity index (χ0) is 16.7. The Bertz CT molecular complexity index is 875. The van der Waals surface area contributed by atoms with Crippen LogP contribution in [-0.2, 0) is 13.5 Å². The van der Waals surface area contributed by atoms with Crippen LogP contribution in [0.2, 0.25) is 0 Å². The van der Waals surface area contributed by atoms with Gasteiger partial charge in [0, 0.05) is 11.1 Å². The van der Waals surface area contributed by atoms with Gasteiger partial charge in [0.05, 0.1) is 7.05 Å². The first-order valence-electron chi connectivity index (χ1n) is 8.21. The van der Waals surface area contributed by atoms with Gasteiger partial charge in [0.2, 0.25) is 5.52 Å². The van der Waals surface area contributed by atoms with Crippen LogP contribution in [0.25, 0.3) is 21.5 Å². The fourth-order valence-corrected chi connectivity index (χ4v) is 4.37. The molecule has 0 fully saturated rings. The van der Waals surface area contributed by atoms with Crippen molar-refractivity contribution in [3.63, 3.8) is 0 Å². The van der Waals surface area contributed by atoms with Crippen molar-refractivity contribution in [3.8, 4) is 11.3 Å². The zero-order valence-electron chi connectivity index (χ0n) is 14.9. The third kappa shape index (κ3) is 2.90. The molecule has 2 heterocycles. The van der Waals surface area contributed by atoms with Gasteiger partial charge in [-0.3, -0.25) is 0 Å². The lowest BCUT2D eigenvalue weighted by atomic mass is 9.97. The second kappa shape index (κ2) is 6.04. The molecule has 0 unspecified atom stereocenters. The normalized spacial score (nSPS) is 11.6. The maximum absolute atomic E-state index is 4.73. The van der Waals surface area contributed by atoms with Gasteiger partial charge >= 0.3 is 0 Å². The molecule has 0 atom stereocenters. The first kappa shape index (κ1) is 16.1. The summed E-state index contributed by atoms with van der Waals surface area (Å²) in [7, 11) is 2.10. The van der Waals surface area contributed by atoms with Crippen LogP contribution in [0.4, 0.5) is 0 Å². The monoisotopic (exact) mass is 325 g/mol. The van der Waals surface area contributed by atoms with Crippen LogP contribution >= 0.6 is 11.3 Å². The van der Waals surface area contributed by atoms with Crippen molar-refractivity contribution in [1.82, 2.24) is 4.98 Å². The lowest BCUT2D eigenvalue weighted by molar-refractivity contribution is -0.662. The van der Waals surface area contributed by atoms with Crippen molar-refractivity contribution in [1.29, 1.82) is 0 Å². The molecule has 3 aromatic rings. The molecule has 0 saturated carbocycles. The molecule has 0 aliphatic heterocycles. The van der Waals surface area contributed by atoms with E-state index in [1.54, 1.807) is 0 Å². The van der Waals surface area contributed by atoms with Crippen molar-refractivity contribution >= 4 is 21.6 Å². The van der Waals surface area contributed by atoms with E-state index in [-0.39, 0.29) is 0 Å². The van der Waals surface area contributed by atoms with E-state index in [1.807, 2.05) is 17.7 Å². The summed E-state index contributed by atoms with van der Waals surface area (Å²) < 4.78 is 3.47. The summed E-state index contributed by atoms with van der Waals surface area (Å²) in [5.74, 6) is 0.648. The third-order valence-corrected chi connectivity index (χ3v) is 5.49. The first-order valence-corrected chi connectivity index (χ1v) is 9.09. The summed E-state index contributed by atoms with van der Waals surface area (Å²) in [6.07, 6.45) is 3.05. The molecule has 0 radical (unpaired) electrons. The molecular weight excluding hydrogens is 300 g/mol. The predicted octanol–water partition coefficient (Wildman–Crippen LogP) is 4.91. The summed E-state index contributed by atoms with van der Waals surface area (Å²) >= 11 is 1.83. The van der Waals surface area contributed by atoms with Crippen molar-refractivity contribution < 1.29 is 4.57 Å². The lowest BCUT2D eigenvalue weighted by Gasteiger charge is -2.11. The number of aryl methyl sites for hydroxylation is 3. The largest absolute Gasteiger partial charge is 0.287 e. The van der Waals surface area contributed by atoms with E-state index in [4.69, 9.17) is 4.98 Å². The Labute approximate surface area is 142 Å². The number of hydrogen-bond acceptors (Lipinski definition) is 2. The molecule has 0 amide bonds. The molecule has 0 bridgehead atoms. The Morgan fingerprint density at radius 2 is 1.91 bits per heavy atom. The van der Waals surface area contributed by atoms with Gasteiger partial charge in [-0.1, -0.05) is 25.5 Å². The number of benzene rings is 1. The van der Waals surface area contributed by atoms with Crippen molar-refractivity contribution in [2.24, 2.45) is 13.0 Å². The highest BCUT2D eigenvalue weighted by molar-refractivity contribution is 7.17. The number of thiophene rings is 1. The smallest absolute Gasteiger partial charge is 0.231 e. The van der Waals surface area contributed by atoms with Gasteiger partial charge in [0.15, 0.2) is 5.69 Å². The van der Waals surface area contributed by atoms with Crippen LogP contribution in [0.15, 0.2) is 23.8 Å². The molecule has 1 aromatic carbocycles. The summed E-state index contributed by atoms with van der Waals surface area (Å²) in [6, 6.07) is 4.56. The van der Waals surface area contributed by atoms with E-state index >= 15 is 0 Å². The van der Waals surface area contributed by atoms with Crippen molar-refractivity contribution in [2.45, 2.75) is 41.0 Å². The maximum atomic E-state index is 4.73. The standard InChI is InChI=1S/C20H25N2S/c1-12(2)7-16-10-23-20-18(16)21-11-22(6)19(20)17-9-13(3)8-14(4)15(17)5/h8-12H,7H2,1-6H3/q+1. The van der Waals surface area contributed by atoms with Gasteiger partial charge in [-0.2, -0.15) is 0 Å². The summed E-state index contributed by atoms with van der Waals surface area (Å²) in [5, 5.41) is 2.29. The molecule has 0 N–H and O–H groups in total. The Morgan fingerprint density at radius 1 is 1.17 bits per heavy atom. The van der Waals surface area contributed by atoms with Crippen LogP contribution < -0.4 is 4.57 Å². The average Bonchev–Trinajstić information content (AvgIpc) is 2.85. The van der Waals surface area contributed by atoms with Crippen LogP contribution in [-0.4, -0.2) is 4.98 Å². The predicted molar refractivity (Wildman–Crippen MR) is 99.0 cm³/mol. The highest BCUT2D eigenvalue weighted by Gasteiger charge is 2.21. The summed E-state index contributed by atoms with van der Waals surface area (Å²) in [6.45, 7) is 11.1. The Morgan fingerprint density at radius 3 is 2.61 bits per heavy atom. The molecule has 120 valence electrons. The average molecular weight is 326 g/mol. The molecule has 0 saturated heterocycles. The van der Waals surface area contributed by atoms with E-state index < -0.39 is 0 Å². The van der Waals surface area contributed by atoms with Gasteiger partial charge in [-0.25, -0.2) is 4.57 Å². The number of aromatic nitrogens is 2. The molecule has 0 spiro atoms. The number of fused-ring (bicyclic) bond motifs is 1. The minimum Gasteiger partial charge on any atom is -0.231 e. The van der Waals surface area contributed by atoms with E-state index in [2.05, 4.69) is 63.7 Å². The van der Waals surface area contributed by atoms with Gasteiger partial charge < -0.3 is 0 Å². The molecule has 0 aliphatic rings. The van der Waals surface area contributed by atoms with Gasteiger partial charge in [0.1, 0.15) is 4.70 Å². The highest BCUT2D eigenvalue weighted by Crippen LogP contribution is 2.34. The Hall–Kier alpha value is -1.74. The van der Waals surface area contributed by atoms with Gasteiger partial charge in [-0.15, -0.1) is 11.3 Å². The second-order valence-electron chi connectivity index (χ2n) is 7.00. The SMILES string of the molecule is Cc1cc(C)c(C)c(-c2c3scc(CC(C)C)c3nc[n+]2C)c1. The van der Waals surface area contributed by atoms with Gasteiger partial charge in [0.25, 0.3) is 6.33 Å². The first-order chi connectivity index (χ1) is 10.9. The van der Waals surface area contributed by atoms with Crippen LogP contribution in [0, 0.1) is 26.7 Å². The van der Waals surface area contributed by atoms with Crippen molar-refractivity contribution in [3.05, 3.63) is 46.1 Å².